The fourth-order valence-electron chi connectivity index (χ4n) is 6.40. The lowest BCUT2D eigenvalue weighted by Crippen LogP contribution is -2.00. The van der Waals surface area contributed by atoms with Gasteiger partial charge in [-0.15, -0.1) is 11.3 Å². The minimum atomic E-state index is 0.540. The highest BCUT2D eigenvalue weighted by Gasteiger charge is 2.24. The van der Waals surface area contributed by atoms with Crippen molar-refractivity contribution in [1.82, 2.24) is 4.57 Å². The highest BCUT2D eigenvalue weighted by Crippen LogP contribution is 2.39. The normalized spacial score (nSPS) is 12.1. The van der Waals surface area contributed by atoms with Gasteiger partial charge in [-0.2, -0.15) is 0 Å². The van der Waals surface area contributed by atoms with E-state index in [1.165, 1.54) is 53.1 Å². The maximum Gasteiger partial charge on any atom is 0.0717 e. The van der Waals surface area contributed by atoms with Crippen LogP contribution in [0.15, 0.2) is 127 Å². The Morgan fingerprint density at radius 2 is 1.17 bits per heavy atom. The molecule has 1 aliphatic rings. The third-order valence-corrected chi connectivity index (χ3v) is 9.61. The summed E-state index contributed by atoms with van der Waals surface area (Å²) >= 11 is 1.87. The zero-order valence-electron chi connectivity index (χ0n) is 23.1. The Hall–Kier alpha value is -5.19. The molecule has 0 bridgehead atoms. The molecule has 0 saturated carbocycles. The molecular weight excluding hydrogens is 531 g/mol. The number of nitrogens with one attached hydrogen (secondary N) is 1. The summed E-state index contributed by atoms with van der Waals surface area (Å²) in [5, 5.41) is 13.4. The highest BCUT2D eigenvalue weighted by molar-refractivity contribution is 7.25. The molecule has 4 heteroatoms. The van der Waals surface area contributed by atoms with Gasteiger partial charge in [0.1, 0.15) is 0 Å². The number of aromatic nitrogens is 1. The van der Waals surface area contributed by atoms with E-state index < -0.39 is 0 Å². The molecule has 0 atom stereocenters. The van der Waals surface area contributed by atoms with E-state index >= 15 is 0 Å². The number of hydrogen-bond acceptors (Lipinski definition) is 3. The summed E-state index contributed by atoms with van der Waals surface area (Å²) in [6.07, 6.45) is 0. The fraction of sp³-hybridized carbons (Fsp3) is 0.0263. The first kappa shape index (κ1) is 24.6. The molecule has 0 unspecified atom stereocenters. The molecule has 8 aromatic rings. The first-order chi connectivity index (χ1) is 20.6. The van der Waals surface area contributed by atoms with Gasteiger partial charge in [0.05, 0.1) is 5.71 Å². The van der Waals surface area contributed by atoms with Crippen LogP contribution in [0.3, 0.4) is 0 Å². The number of benzene rings is 6. The SMILES string of the molecule is Cn1c2ccccc2c2cc(-c3ccc4sc5ccccc5c4c3)ccc21.N=C1c2ccccc2-c2cccc(N)c21. The summed E-state index contributed by atoms with van der Waals surface area (Å²) in [5.41, 5.74) is 16.3. The lowest BCUT2D eigenvalue weighted by atomic mass is 10.0. The van der Waals surface area contributed by atoms with E-state index in [1.54, 1.807) is 0 Å². The van der Waals surface area contributed by atoms with E-state index in [0.717, 1.165) is 22.3 Å². The zero-order valence-corrected chi connectivity index (χ0v) is 23.9. The van der Waals surface area contributed by atoms with Crippen LogP contribution in [0.5, 0.6) is 0 Å². The van der Waals surface area contributed by atoms with Crippen molar-refractivity contribution in [2.45, 2.75) is 0 Å². The lowest BCUT2D eigenvalue weighted by molar-refractivity contribution is 1.01. The van der Waals surface area contributed by atoms with Crippen LogP contribution in [0.4, 0.5) is 5.69 Å². The molecule has 42 heavy (non-hydrogen) atoms. The Morgan fingerprint density at radius 1 is 0.548 bits per heavy atom. The van der Waals surface area contributed by atoms with Crippen molar-refractivity contribution in [3.63, 3.8) is 0 Å². The predicted octanol–water partition coefficient (Wildman–Crippen LogP) is 10.0. The van der Waals surface area contributed by atoms with Crippen molar-refractivity contribution in [2.24, 2.45) is 7.05 Å². The number of anilines is 1. The van der Waals surface area contributed by atoms with Gasteiger partial charge < -0.3 is 10.3 Å². The van der Waals surface area contributed by atoms with Gasteiger partial charge in [0.25, 0.3) is 0 Å². The highest BCUT2D eigenvalue weighted by atomic mass is 32.1. The molecule has 0 amide bonds. The molecule has 9 rings (SSSR count). The summed E-state index contributed by atoms with van der Waals surface area (Å²) < 4.78 is 4.99. The van der Waals surface area contributed by atoms with Crippen LogP contribution in [0, 0.1) is 5.41 Å². The number of nitrogens with zero attached hydrogens (tertiary/aromatic N) is 1. The van der Waals surface area contributed by atoms with Crippen molar-refractivity contribution in [1.29, 1.82) is 5.41 Å². The molecule has 3 N–H and O–H groups in total. The van der Waals surface area contributed by atoms with Crippen LogP contribution in [-0.2, 0) is 7.05 Å². The molecular formula is C38H27N3S. The predicted molar refractivity (Wildman–Crippen MR) is 181 cm³/mol. The van der Waals surface area contributed by atoms with Crippen LogP contribution in [-0.4, -0.2) is 10.3 Å². The second-order valence-corrected chi connectivity index (χ2v) is 11.9. The van der Waals surface area contributed by atoms with E-state index in [2.05, 4.69) is 96.5 Å². The van der Waals surface area contributed by atoms with Crippen LogP contribution >= 0.6 is 11.3 Å². The minimum Gasteiger partial charge on any atom is -0.398 e. The van der Waals surface area contributed by atoms with Crippen molar-refractivity contribution in [2.75, 3.05) is 5.73 Å². The average molecular weight is 558 g/mol. The standard InChI is InChI=1S/C25H17NS.C13H10N2/c1-26-22-8-4-2-6-18(22)20-14-16(10-12-23(20)26)17-11-13-25-21(15-17)19-7-3-5-9-24(19)27-25;14-11-7-3-6-9-8-4-1-2-5-10(8)13(15)12(9)11/h2-15H,1H3;1-7,15H,14H2. The summed E-state index contributed by atoms with van der Waals surface area (Å²) in [7, 11) is 2.15. The molecule has 1 aliphatic carbocycles. The van der Waals surface area contributed by atoms with Crippen LogP contribution < -0.4 is 5.73 Å². The molecule has 0 spiro atoms. The van der Waals surface area contributed by atoms with Crippen LogP contribution in [0.2, 0.25) is 0 Å². The molecule has 0 saturated heterocycles. The molecule has 200 valence electrons. The Kier molecular flexibility index (Phi) is 5.53. The molecule has 3 nitrogen and oxygen atoms in total. The second-order valence-electron chi connectivity index (χ2n) is 10.8. The largest absolute Gasteiger partial charge is 0.398 e. The van der Waals surface area contributed by atoms with Crippen molar-refractivity contribution in [3.05, 3.63) is 139 Å². The van der Waals surface area contributed by atoms with Crippen molar-refractivity contribution < 1.29 is 0 Å². The van der Waals surface area contributed by atoms with Crippen molar-refractivity contribution >= 4 is 64.7 Å². The Morgan fingerprint density at radius 3 is 2.02 bits per heavy atom. The molecule has 0 radical (unpaired) electrons. The second kappa shape index (κ2) is 9.44. The van der Waals surface area contributed by atoms with E-state index in [9.17, 15) is 0 Å². The van der Waals surface area contributed by atoms with Gasteiger partial charge in [-0.3, -0.25) is 5.41 Å². The third kappa shape index (κ3) is 3.69. The number of aryl methyl sites for hydroxylation is 1. The van der Waals surface area contributed by atoms with Gasteiger partial charge in [0.15, 0.2) is 0 Å². The number of thiophene rings is 1. The van der Waals surface area contributed by atoms with Gasteiger partial charge in [-0.1, -0.05) is 84.9 Å². The van der Waals surface area contributed by atoms with Crippen molar-refractivity contribution in [3.8, 4) is 22.3 Å². The number of fused-ring (bicyclic) bond motifs is 9. The van der Waals surface area contributed by atoms with Crippen LogP contribution in [0.1, 0.15) is 11.1 Å². The smallest absolute Gasteiger partial charge is 0.0717 e. The van der Waals surface area contributed by atoms with Gasteiger partial charge in [0, 0.05) is 65.8 Å². The summed E-state index contributed by atoms with van der Waals surface area (Å²) in [6, 6.07) is 44.8. The Labute approximate surface area is 247 Å². The van der Waals surface area contributed by atoms with Gasteiger partial charge >= 0.3 is 0 Å². The summed E-state index contributed by atoms with van der Waals surface area (Å²) in [6.45, 7) is 0. The van der Waals surface area contributed by atoms with Gasteiger partial charge in [0.2, 0.25) is 0 Å². The number of hydrogen-bond donors (Lipinski definition) is 2. The van der Waals surface area contributed by atoms with E-state index in [1.807, 2.05) is 53.8 Å². The fourth-order valence-corrected chi connectivity index (χ4v) is 7.48. The van der Waals surface area contributed by atoms with Gasteiger partial charge in [-0.25, -0.2) is 0 Å². The summed E-state index contributed by atoms with van der Waals surface area (Å²) in [4.78, 5) is 0. The molecule has 2 heterocycles. The van der Waals surface area contributed by atoms with E-state index in [-0.39, 0.29) is 0 Å². The van der Waals surface area contributed by atoms with E-state index in [4.69, 9.17) is 11.1 Å². The Balaban J connectivity index is 0.000000150. The zero-order chi connectivity index (χ0) is 28.4. The lowest BCUT2D eigenvalue weighted by Gasteiger charge is -2.04. The quantitative estimate of drug-likeness (QED) is 0.194. The Bertz CT molecular complexity index is 2350. The maximum absolute atomic E-state index is 8.07. The third-order valence-electron chi connectivity index (χ3n) is 8.46. The molecule has 6 aromatic carbocycles. The molecule has 0 aliphatic heterocycles. The number of rotatable bonds is 1. The first-order valence-electron chi connectivity index (χ1n) is 14.0. The van der Waals surface area contributed by atoms with Gasteiger partial charge in [-0.05, 0) is 64.7 Å². The average Bonchev–Trinajstić information content (AvgIpc) is 3.66. The monoisotopic (exact) mass is 557 g/mol. The maximum atomic E-state index is 8.07. The first-order valence-corrected chi connectivity index (χ1v) is 14.9. The minimum absolute atomic E-state index is 0.540. The number of nitrogen functional groups attached to an aromatic ring is 1. The summed E-state index contributed by atoms with van der Waals surface area (Å²) in [5.74, 6) is 0. The van der Waals surface area contributed by atoms with E-state index in [0.29, 0.717) is 11.4 Å². The topological polar surface area (TPSA) is 54.8 Å². The molecule has 2 aromatic heterocycles. The van der Waals surface area contributed by atoms with Crippen LogP contribution in [0.25, 0.3) is 64.2 Å². The number of nitrogens with two attached hydrogens (primary N) is 1. The number of para-hydroxylation sites is 1. The molecule has 0 fully saturated rings.